The van der Waals surface area contributed by atoms with Crippen LogP contribution in [0.25, 0.3) is 0 Å². The van der Waals surface area contributed by atoms with Crippen LogP contribution < -0.4 is 9.92 Å². The maximum absolute atomic E-state index is 6.11. The summed E-state index contributed by atoms with van der Waals surface area (Å²) < 4.78 is 6.11. The average Bonchev–Trinajstić information content (AvgIpc) is 2.92. The molecule has 0 bridgehead atoms. The van der Waals surface area contributed by atoms with Crippen LogP contribution in [0.4, 0.5) is 0 Å². The molecule has 0 amide bonds. The number of hydrogen-bond acceptors (Lipinski definition) is 1. The Labute approximate surface area is 265 Å². The number of ether oxygens (including phenoxy) is 1. The molecule has 2 rings (SSSR count). The first-order chi connectivity index (χ1) is 16.0. The first kappa shape index (κ1) is 39.5. The average molecular weight is 719 g/mol. The molecule has 220 valence electrons. The second-order valence-electron chi connectivity index (χ2n) is 14.1. The Morgan fingerprint density at radius 1 is 0.892 bits per heavy atom. The molecule has 1 atom stereocenters. The minimum absolute atomic E-state index is 0. The van der Waals surface area contributed by atoms with E-state index < -0.39 is 24.2 Å². The third-order valence-corrected chi connectivity index (χ3v) is 12.0. The van der Waals surface area contributed by atoms with Crippen LogP contribution in [0.2, 0.25) is 51.4 Å². The van der Waals surface area contributed by atoms with E-state index in [9.17, 15) is 0 Å². The number of allylic oxidation sites excluding steroid dienone is 4. The van der Waals surface area contributed by atoms with Crippen molar-refractivity contribution in [1.82, 2.24) is 0 Å². The molecule has 1 nitrogen and oxygen atoms in total. The van der Waals surface area contributed by atoms with Crippen LogP contribution >= 0.6 is 0 Å². The van der Waals surface area contributed by atoms with Gasteiger partial charge in [0, 0.05) is 0 Å². The van der Waals surface area contributed by atoms with Gasteiger partial charge in [-0.2, -0.15) is 5.20 Å². The molecule has 0 saturated carbocycles. The Bertz CT molecular complexity index is 897. The molecular formula is C32H59LuOSi3. The molecule has 0 fully saturated rings. The van der Waals surface area contributed by atoms with Gasteiger partial charge in [0.15, 0.2) is 0 Å². The van der Waals surface area contributed by atoms with Gasteiger partial charge in [0.1, 0.15) is 5.75 Å². The zero-order valence-electron chi connectivity index (χ0n) is 27.2. The molecule has 1 aliphatic rings. The third kappa shape index (κ3) is 12.6. The summed E-state index contributed by atoms with van der Waals surface area (Å²) in [6, 6.07) is 7.16. The minimum Gasteiger partial charge on any atom is -0.497 e. The molecule has 0 heterocycles. The van der Waals surface area contributed by atoms with Gasteiger partial charge in [0.25, 0.3) is 0 Å². The van der Waals surface area contributed by atoms with Gasteiger partial charge in [-0.05, 0) is 23.1 Å². The maximum Gasteiger partial charge on any atom is 3.00 e. The summed E-state index contributed by atoms with van der Waals surface area (Å²) in [7, 11) is -1.76. The second kappa shape index (κ2) is 15.4. The summed E-state index contributed by atoms with van der Waals surface area (Å²) in [5.74, 6) is 1.56. The predicted octanol–water partition coefficient (Wildman–Crippen LogP) is 9.65. The van der Waals surface area contributed by atoms with Crippen molar-refractivity contribution >= 4 is 29.4 Å². The van der Waals surface area contributed by atoms with E-state index in [0.29, 0.717) is 5.92 Å². The number of benzene rings is 1. The molecule has 0 radical (unpaired) electrons. The second-order valence-corrected chi connectivity index (χ2v) is 29.0. The van der Waals surface area contributed by atoms with E-state index in [-0.39, 0.29) is 42.3 Å². The van der Waals surface area contributed by atoms with E-state index in [1.54, 1.807) is 5.20 Å². The standard InChI is InChI=1S/C24H37OSi.2C4H11Si.Lu/c1-11-26(12-2,23-18(5)15-17(4)19(23)6)21-14-16(3)13-20(22(21)25-10)24(7,8)9;2*1-5(2,3)4;/h13-14,18H,11-12H2,1-10H3;2*1H2,2-4H3;/q3*-1;+3. The van der Waals surface area contributed by atoms with Gasteiger partial charge in [-0.3, -0.25) is 6.08 Å². The molecule has 0 saturated heterocycles. The largest absolute Gasteiger partial charge is 3.00 e. The normalized spacial score (nSPS) is 16.2. The topological polar surface area (TPSA) is 9.23 Å². The molecular weight excluding hydrogens is 660 g/mol. The van der Waals surface area contributed by atoms with Gasteiger partial charge in [-0.25, -0.2) is 11.1 Å². The van der Waals surface area contributed by atoms with Crippen molar-refractivity contribution in [3.63, 3.8) is 0 Å². The summed E-state index contributed by atoms with van der Waals surface area (Å²) in [4.78, 5) is 0. The van der Waals surface area contributed by atoms with E-state index in [1.165, 1.54) is 39.5 Å². The van der Waals surface area contributed by atoms with Crippen LogP contribution in [0, 0.1) is 68.9 Å². The minimum atomic E-state index is -1.89. The Morgan fingerprint density at radius 3 is 1.57 bits per heavy atom. The van der Waals surface area contributed by atoms with Crippen LogP contribution in [-0.2, 0) is 5.41 Å². The van der Waals surface area contributed by atoms with Crippen molar-refractivity contribution in [3.8, 4) is 5.75 Å². The molecule has 1 aliphatic carbocycles. The smallest absolute Gasteiger partial charge is 0.497 e. The summed E-state index contributed by atoms with van der Waals surface area (Å²) in [5.41, 5.74) is 5.58. The van der Waals surface area contributed by atoms with Gasteiger partial charge in [-0.1, -0.05) is 123 Å². The molecule has 0 aliphatic heterocycles. The first-order valence-corrected chi connectivity index (χ1v) is 23.6. The first-order valence-electron chi connectivity index (χ1n) is 13.8. The van der Waals surface area contributed by atoms with Crippen LogP contribution in [0.1, 0.15) is 66.5 Å². The van der Waals surface area contributed by atoms with Crippen LogP contribution in [-0.4, -0.2) is 31.3 Å². The zero-order valence-corrected chi connectivity index (χ0v) is 31.9. The van der Waals surface area contributed by atoms with Crippen LogP contribution in [0.5, 0.6) is 5.75 Å². The van der Waals surface area contributed by atoms with E-state index in [2.05, 4.69) is 133 Å². The summed E-state index contributed by atoms with van der Waals surface area (Å²) in [5, 5.41) is 3.16. The number of aryl methyl sites for hydroxylation is 1. The van der Waals surface area contributed by atoms with Crippen molar-refractivity contribution in [3.05, 3.63) is 58.8 Å². The quantitative estimate of drug-likeness (QED) is 0.218. The summed E-state index contributed by atoms with van der Waals surface area (Å²) in [6.07, 6.45) is 3.69. The maximum atomic E-state index is 6.11. The van der Waals surface area contributed by atoms with E-state index in [0.717, 1.165) is 5.75 Å². The van der Waals surface area contributed by atoms with Gasteiger partial charge in [-0.15, -0.1) is 23.1 Å². The van der Waals surface area contributed by atoms with Gasteiger partial charge in [0.2, 0.25) is 0 Å². The van der Waals surface area contributed by atoms with Gasteiger partial charge in [0.05, 0.1) is 15.2 Å². The number of methoxy groups -OCH3 is 1. The molecule has 0 spiro atoms. The molecule has 1 aromatic rings. The zero-order chi connectivity index (χ0) is 28.9. The molecule has 0 N–H and O–H groups in total. The van der Waals surface area contributed by atoms with Crippen molar-refractivity contribution in [2.24, 2.45) is 5.92 Å². The van der Waals surface area contributed by atoms with Crippen molar-refractivity contribution in [1.29, 1.82) is 0 Å². The Morgan fingerprint density at radius 2 is 1.30 bits per heavy atom. The number of hydrogen-bond donors (Lipinski definition) is 0. The van der Waals surface area contributed by atoms with Crippen molar-refractivity contribution in [2.45, 2.75) is 119 Å². The van der Waals surface area contributed by atoms with Gasteiger partial charge < -0.3 is 17.8 Å². The predicted molar refractivity (Wildman–Crippen MR) is 174 cm³/mol. The third-order valence-electron chi connectivity index (χ3n) is 6.32. The molecule has 0 aromatic heterocycles. The fraction of sp³-hybridized carbons (Fsp3) is 0.625. The fourth-order valence-electron chi connectivity index (χ4n) is 4.87. The van der Waals surface area contributed by atoms with E-state index in [1.807, 2.05) is 7.11 Å². The molecule has 37 heavy (non-hydrogen) atoms. The fourth-order valence-corrected chi connectivity index (χ4v) is 10.2. The SMILES string of the molecule is CC[Si](CC)(C1=C(C)C(C)=[C-]C1C)c1cc(C)cc(C(C)(C)C)c1OC.[CH2-][Si](C)(C)C.[CH2-][Si](C)(C)C.[Lu+3]. The monoisotopic (exact) mass is 718 g/mol. The van der Waals surface area contributed by atoms with Gasteiger partial charge >= 0.3 is 36.9 Å². The molecule has 5 heteroatoms. The Kier molecular flexibility index (Phi) is 16.5. The van der Waals surface area contributed by atoms with Crippen molar-refractivity contribution < 1.29 is 41.6 Å². The van der Waals surface area contributed by atoms with Crippen molar-refractivity contribution in [2.75, 3.05) is 7.11 Å². The summed E-state index contributed by atoms with van der Waals surface area (Å²) in [6.45, 7) is 41.8. The summed E-state index contributed by atoms with van der Waals surface area (Å²) >= 11 is 0. The Balaban J connectivity index is 0. The number of rotatable bonds is 5. The van der Waals surface area contributed by atoms with Crippen LogP contribution in [0.15, 0.2) is 28.5 Å². The van der Waals surface area contributed by atoms with E-state index in [4.69, 9.17) is 4.74 Å². The van der Waals surface area contributed by atoms with Crippen LogP contribution in [0.3, 0.4) is 0 Å². The van der Waals surface area contributed by atoms with E-state index >= 15 is 0 Å². The molecule has 1 unspecified atom stereocenters. The molecule has 1 aromatic carbocycles. The Hall–Kier alpha value is 0.384.